The zero-order valence-corrected chi connectivity index (χ0v) is 12.8. The van der Waals surface area contributed by atoms with Crippen LogP contribution in [0, 0.1) is 5.92 Å². The summed E-state index contributed by atoms with van der Waals surface area (Å²) in [5.41, 5.74) is 4.32. The molecule has 1 aliphatic heterocycles. The number of nitrogens with zero attached hydrogens (tertiary/aromatic N) is 1. The minimum absolute atomic E-state index is 0.180. The molecule has 1 nitrogen and oxygen atoms in total. The smallest absolute Gasteiger partial charge is 0.0442 e. The van der Waals surface area contributed by atoms with E-state index in [2.05, 4.69) is 82.1 Å². The molecule has 0 saturated heterocycles. The molecule has 0 radical (unpaired) electrons. The average Bonchev–Trinajstić information content (AvgIpc) is 2.39. The molecule has 0 fully saturated rings. The van der Waals surface area contributed by atoms with Crippen molar-refractivity contribution >= 4 is 5.70 Å². The zero-order valence-electron chi connectivity index (χ0n) is 12.8. The minimum Gasteiger partial charge on any atom is -0.370 e. The van der Waals surface area contributed by atoms with Gasteiger partial charge in [-0.05, 0) is 23.0 Å². The molecular weight excluding hydrogens is 230 g/mol. The first kappa shape index (κ1) is 13.9. The molecule has 0 spiro atoms. The lowest BCUT2D eigenvalue weighted by Gasteiger charge is -2.34. The normalized spacial score (nSPS) is 15.9. The third-order valence-corrected chi connectivity index (χ3v) is 4.52. The third kappa shape index (κ3) is 2.60. The van der Waals surface area contributed by atoms with E-state index in [0.717, 1.165) is 6.54 Å². The Morgan fingerprint density at radius 2 is 1.84 bits per heavy atom. The van der Waals surface area contributed by atoms with Crippen LogP contribution in [-0.4, -0.2) is 18.5 Å². The van der Waals surface area contributed by atoms with Crippen molar-refractivity contribution in [1.29, 1.82) is 0 Å². The van der Waals surface area contributed by atoms with Crippen molar-refractivity contribution in [2.45, 2.75) is 33.1 Å². The molecule has 2 rings (SSSR count). The molecule has 0 saturated carbocycles. The van der Waals surface area contributed by atoms with E-state index in [9.17, 15) is 0 Å². The van der Waals surface area contributed by atoms with Crippen molar-refractivity contribution in [3.63, 3.8) is 0 Å². The Morgan fingerprint density at radius 3 is 2.47 bits per heavy atom. The summed E-state index contributed by atoms with van der Waals surface area (Å²) in [5, 5.41) is 0. The zero-order chi connectivity index (χ0) is 14.0. The first-order chi connectivity index (χ1) is 8.94. The summed E-state index contributed by atoms with van der Waals surface area (Å²) < 4.78 is 0. The molecule has 19 heavy (non-hydrogen) atoms. The van der Waals surface area contributed by atoms with Crippen molar-refractivity contribution in [1.82, 2.24) is 4.90 Å². The summed E-state index contributed by atoms with van der Waals surface area (Å²) in [5.74, 6) is 0.610. The van der Waals surface area contributed by atoms with Gasteiger partial charge in [-0.15, -0.1) is 0 Å². The van der Waals surface area contributed by atoms with Crippen molar-refractivity contribution in [2.75, 3.05) is 13.6 Å². The van der Waals surface area contributed by atoms with E-state index >= 15 is 0 Å². The van der Waals surface area contributed by atoms with E-state index in [4.69, 9.17) is 0 Å². The molecule has 0 atom stereocenters. The van der Waals surface area contributed by atoms with E-state index < -0.39 is 0 Å². The minimum atomic E-state index is 0.180. The van der Waals surface area contributed by atoms with Gasteiger partial charge in [0.05, 0.1) is 0 Å². The van der Waals surface area contributed by atoms with Crippen LogP contribution in [-0.2, 0) is 5.41 Å². The van der Waals surface area contributed by atoms with Crippen LogP contribution in [0.5, 0.6) is 0 Å². The summed E-state index contributed by atoms with van der Waals surface area (Å²) in [7, 11) is 2.16. The van der Waals surface area contributed by atoms with E-state index in [0.29, 0.717) is 5.92 Å². The number of rotatable bonds is 3. The number of allylic oxidation sites excluding steroid dienone is 2. The lowest BCUT2D eigenvalue weighted by molar-refractivity contribution is 0.370. The molecule has 0 N–H and O–H groups in total. The monoisotopic (exact) mass is 255 g/mol. The second-order valence-corrected chi connectivity index (χ2v) is 6.28. The number of benzene rings is 1. The fourth-order valence-electron chi connectivity index (χ4n) is 2.48. The Kier molecular flexibility index (Phi) is 3.84. The van der Waals surface area contributed by atoms with Crippen LogP contribution in [0.1, 0.15) is 38.8 Å². The Morgan fingerprint density at radius 1 is 1.16 bits per heavy atom. The summed E-state index contributed by atoms with van der Waals surface area (Å²) >= 11 is 0. The van der Waals surface area contributed by atoms with E-state index in [-0.39, 0.29) is 5.41 Å². The van der Waals surface area contributed by atoms with Crippen molar-refractivity contribution < 1.29 is 0 Å². The first-order valence-electron chi connectivity index (χ1n) is 7.12. The molecule has 1 heteroatoms. The molecule has 0 aromatic heterocycles. The second-order valence-electron chi connectivity index (χ2n) is 6.28. The van der Waals surface area contributed by atoms with Gasteiger partial charge in [-0.2, -0.15) is 0 Å². The first-order valence-corrected chi connectivity index (χ1v) is 7.12. The largest absolute Gasteiger partial charge is 0.370 e. The van der Waals surface area contributed by atoms with Gasteiger partial charge in [0.15, 0.2) is 0 Å². The maximum Gasteiger partial charge on any atom is 0.0442 e. The highest BCUT2D eigenvalue weighted by Gasteiger charge is 2.28. The van der Waals surface area contributed by atoms with E-state index in [1.807, 2.05) is 0 Å². The van der Waals surface area contributed by atoms with Crippen LogP contribution in [0.15, 0.2) is 42.5 Å². The van der Waals surface area contributed by atoms with Crippen LogP contribution in [0.2, 0.25) is 0 Å². The highest BCUT2D eigenvalue weighted by atomic mass is 15.1. The van der Waals surface area contributed by atoms with Gasteiger partial charge >= 0.3 is 0 Å². The van der Waals surface area contributed by atoms with Gasteiger partial charge in [0.25, 0.3) is 0 Å². The van der Waals surface area contributed by atoms with Gasteiger partial charge in [0, 0.05) is 24.9 Å². The molecule has 0 amide bonds. The average molecular weight is 255 g/mol. The fourth-order valence-corrected chi connectivity index (χ4v) is 2.48. The maximum atomic E-state index is 2.34. The van der Waals surface area contributed by atoms with Crippen LogP contribution >= 0.6 is 0 Å². The highest BCUT2D eigenvalue weighted by Crippen LogP contribution is 2.37. The van der Waals surface area contributed by atoms with Gasteiger partial charge in [-0.25, -0.2) is 0 Å². The van der Waals surface area contributed by atoms with Gasteiger partial charge in [-0.1, -0.05) is 64.1 Å². The standard InChI is InChI=1S/C18H25N/c1-14(2)18(3,4)16-11-7-6-10-15(16)17-12-8-9-13-19(17)5/h6-12,14H,13H2,1-5H3. The summed E-state index contributed by atoms with van der Waals surface area (Å²) in [6.45, 7) is 10.3. The topological polar surface area (TPSA) is 3.24 Å². The molecule has 1 aliphatic rings. The summed E-state index contributed by atoms with van der Waals surface area (Å²) in [6.07, 6.45) is 6.58. The Balaban J connectivity index is 2.54. The van der Waals surface area contributed by atoms with Crippen LogP contribution in [0.3, 0.4) is 0 Å². The van der Waals surface area contributed by atoms with E-state index in [1.54, 1.807) is 0 Å². The quantitative estimate of drug-likeness (QED) is 0.770. The Labute approximate surface area is 117 Å². The SMILES string of the molecule is CC(C)C(C)(C)c1ccccc1C1=CC=CCN1C. The van der Waals surface area contributed by atoms with Gasteiger partial charge in [-0.3, -0.25) is 0 Å². The molecule has 0 bridgehead atoms. The molecule has 1 aromatic carbocycles. The molecule has 1 heterocycles. The Bertz CT molecular complexity index is 506. The summed E-state index contributed by atoms with van der Waals surface area (Å²) in [6, 6.07) is 8.83. The van der Waals surface area contributed by atoms with Crippen molar-refractivity contribution in [2.24, 2.45) is 5.92 Å². The lowest BCUT2D eigenvalue weighted by atomic mass is 9.73. The predicted molar refractivity (Wildman–Crippen MR) is 84.1 cm³/mol. The van der Waals surface area contributed by atoms with Crippen LogP contribution in [0.4, 0.5) is 0 Å². The van der Waals surface area contributed by atoms with E-state index in [1.165, 1.54) is 16.8 Å². The third-order valence-electron chi connectivity index (χ3n) is 4.52. The van der Waals surface area contributed by atoms with Gasteiger partial charge in [0.1, 0.15) is 0 Å². The second kappa shape index (κ2) is 5.24. The number of likely N-dealkylation sites (N-methyl/N-ethyl adjacent to an activating group) is 1. The molecule has 1 aromatic rings. The molecule has 102 valence electrons. The maximum absolute atomic E-state index is 2.34. The van der Waals surface area contributed by atoms with Crippen LogP contribution < -0.4 is 0 Å². The van der Waals surface area contributed by atoms with Gasteiger partial charge < -0.3 is 4.90 Å². The van der Waals surface area contributed by atoms with Gasteiger partial charge in [0.2, 0.25) is 0 Å². The van der Waals surface area contributed by atoms with Crippen LogP contribution in [0.25, 0.3) is 5.70 Å². The van der Waals surface area contributed by atoms with Crippen molar-refractivity contribution in [3.05, 3.63) is 53.6 Å². The van der Waals surface area contributed by atoms with Crippen molar-refractivity contribution in [3.8, 4) is 0 Å². The lowest BCUT2D eigenvalue weighted by Crippen LogP contribution is -2.28. The summed E-state index contributed by atoms with van der Waals surface area (Å²) in [4.78, 5) is 2.31. The highest BCUT2D eigenvalue weighted by molar-refractivity contribution is 5.70. The predicted octanol–water partition coefficient (Wildman–Crippen LogP) is 4.46. The fraction of sp³-hybridized carbons (Fsp3) is 0.444. The molecule has 0 aliphatic carbocycles. The number of hydrogen-bond donors (Lipinski definition) is 0. The molecule has 0 unspecified atom stereocenters. The Hall–Kier alpha value is -1.50. The molecular formula is C18H25N. The number of hydrogen-bond acceptors (Lipinski definition) is 1.